The Kier molecular flexibility index (Phi) is 4.60. The second kappa shape index (κ2) is 6.61. The molecule has 4 heteroatoms. The Balaban J connectivity index is 1.98. The SMILES string of the molecule is COC(=O)[C@H](C)Oc1ccc(Oc2ccccc2)cc1. The van der Waals surface area contributed by atoms with Gasteiger partial charge in [0.05, 0.1) is 7.11 Å². The van der Waals surface area contributed by atoms with Crippen LogP contribution in [0.2, 0.25) is 0 Å². The Hall–Kier alpha value is -2.49. The number of para-hydroxylation sites is 1. The molecule has 2 rings (SSSR count). The minimum Gasteiger partial charge on any atom is -0.479 e. The Morgan fingerprint density at radius 1 is 0.900 bits per heavy atom. The number of rotatable bonds is 5. The molecule has 1 atom stereocenters. The van der Waals surface area contributed by atoms with Crippen molar-refractivity contribution in [2.24, 2.45) is 0 Å². The first-order valence-corrected chi connectivity index (χ1v) is 6.26. The lowest BCUT2D eigenvalue weighted by Gasteiger charge is -2.12. The molecule has 4 nitrogen and oxygen atoms in total. The molecule has 2 aromatic carbocycles. The van der Waals surface area contributed by atoms with Gasteiger partial charge in [0.25, 0.3) is 0 Å². The average Bonchev–Trinajstić information content (AvgIpc) is 2.49. The number of methoxy groups -OCH3 is 1. The lowest BCUT2D eigenvalue weighted by molar-refractivity contribution is -0.147. The summed E-state index contributed by atoms with van der Waals surface area (Å²) in [4.78, 5) is 11.3. The molecule has 104 valence electrons. The molecule has 0 saturated heterocycles. The molecule has 20 heavy (non-hydrogen) atoms. The summed E-state index contributed by atoms with van der Waals surface area (Å²) in [6.45, 7) is 1.64. The Bertz CT molecular complexity index is 548. The van der Waals surface area contributed by atoms with Gasteiger partial charge in [-0.05, 0) is 43.3 Å². The summed E-state index contributed by atoms with van der Waals surface area (Å²) in [5, 5.41) is 0. The number of carbonyl (C=O) groups is 1. The molecule has 0 N–H and O–H groups in total. The molecule has 0 spiro atoms. The van der Waals surface area contributed by atoms with Crippen LogP contribution in [0.15, 0.2) is 54.6 Å². The van der Waals surface area contributed by atoms with Crippen LogP contribution in [0.5, 0.6) is 17.2 Å². The summed E-state index contributed by atoms with van der Waals surface area (Å²) >= 11 is 0. The van der Waals surface area contributed by atoms with Gasteiger partial charge in [-0.3, -0.25) is 0 Å². The Morgan fingerprint density at radius 2 is 1.45 bits per heavy atom. The van der Waals surface area contributed by atoms with Crippen molar-refractivity contribution in [2.75, 3.05) is 7.11 Å². The monoisotopic (exact) mass is 272 g/mol. The van der Waals surface area contributed by atoms with Gasteiger partial charge in [0.1, 0.15) is 17.2 Å². The molecule has 0 amide bonds. The van der Waals surface area contributed by atoms with E-state index in [0.29, 0.717) is 11.5 Å². The number of esters is 1. The Labute approximate surface area is 117 Å². The van der Waals surface area contributed by atoms with E-state index in [1.54, 1.807) is 31.2 Å². The third-order valence-corrected chi connectivity index (χ3v) is 2.65. The van der Waals surface area contributed by atoms with Crippen LogP contribution < -0.4 is 9.47 Å². The molecule has 0 aliphatic heterocycles. The first-order valence-electron chi connectivity index (χ1n) is 6.26. The predicted octanol–water partition coefficient (Wildman–Crippen LogP) is 3.42. The van der Waals surface area contributed by atoms with Crippen molar-refractivity contribution in [3.63, 3.8) is 0 Å². The number of hydrogen-bond acceptors (Lipinski definition) is 4. The molecule has 0 bridgehead atoms. The third kappa shape index (κ3) is 3.75. The van der Waals surface area contributed by atoms with Crippen LogP contribution in [0.4, 0.5) is 0 Å². The van der Waals surface area contributed by atoms with E-state index >= 15 is 0 Å². The van der Waals surface area contributed by atoms with Crippen LogP contribution >= 0.6 is 0 Å². The van der Waals surface area contributed by atoms with Gasteiger partial charge in [0, 0.05) is 0 Å². The highest BCUT2D eigenvalue weighted by atomic mass is 16.6. The number of ether oxygens (including phenoxy) is 3. The topological polar surface area (TPSA) is 44.8 Å². The summed E-state index contributed by atoms with van der Waals surface area (Å²) in [6.07, 6.45) is -0.638. The zero-order chi connectivity index (χ0) is 14.4. The Morgan fingerprint density at radius 3 is 2.05 bits per heavy atom. The molecule has 0 aromatic heterocycles. The van der Waals surface area contributed by atoms with Gasteiger partial charge in [0.2, 0.25) is 0 Å². The van der Waals surface area contributed by atoms with E-state index in [1.165, 1.54) is 7.11 Å². The minimum atomic E-state index is -0.638. The zero-order valence-corrected chi connectivity index (χ0v) is 11.4. The van der Waals surface area contributed by atoms with Crippen LogP contribution in [0.1, 0.15) is 6.92 Å². The maximum atomic E-state index is 11.3. The summed E-state index contributed by atoms with van der Waals surface area (Å²) in [5.74, 6) is 1.65. The van der Waals surface area contributed by atoms with Gasteiger partial charge >= 0.3 is 5.97 Å². The summed E-state index contributed by atoms with van der Waals surface area (Å²) in [5.41, 5.74) is 0. The van der Waals surface area contributed by atoms with Gasteiger partial charge in [-0.2, -0.15) is 0 Å². The zero-order valence-electron chi connectivity index (χ0n) is 11.4. The fourth-order valence-corrected chi connectivity index (χ4v) is 1.63. The molecule has 0 aliphatic carbocycles. The third-order valence-electron chi connectivity index (χ3n) is 2.65. The molecule has 0 aliphatic rings. The van der Waals surface area contributed by atoms with Crippen molar-refractivity contribution in [3.8, 4) is 17.2 Å². The number of hydrogen-bond donors (Lipinski definition) is 0. The maximum absolute atomic E-state index is 11.3. The van der Waals surface area contributed by atoms with Crippen molar-refractivity contribution in [3.05, 3.63) is 54.6 Å². The fourth-order valence-electron chi connectivity index (χ4n) is 1.63. The highest BCUT2D eigenvalue weighted by Crippen LogP contribution is 2.24. The molecule has 0 radical (unpaired) electrons. The van der Waals surface area contributed by atoms with E-state index in [4.69, 9.17) is 9.47 Å². The summed E-state index contributed by atoms with van der Waals surface area (Å²) < 4.78 is 15.7. The van der Waals surface area contributed by atoms with Crippen molar-refractivity contribution >= 4 is 5.97 Å². The van der Waals surface area contributed by atoms with Crippen molar-refractivity contribution in [1.82, 2.24) is 0 Å². The van der Waals surface area contributed by atoms with Crippen LogP contribution in [0, 0.1) is 0 Å². The second-order valence-electron chi connectivity index (χ2n) is 4.17. The van der Waals surface area contributed by atoms with Gasteiger partial charge in [-0.25, -0.2) is 4.79 Å². The minimum absolute atomic E-state index is 0.408. The molecular formula is C16H16O4. The molecular weight excluding hydrogens is 256 g/mol. The van der Waals surface area contributed by atoms with E-state index < -0.39 is 12.1 Å². The van der Waals surface area contributed by atoms with Crippen molar-refractivity contribution < 1.29 is 19.0 Å². The normalized spacial score (nSPS) is 11.5. The van der Waals surface area contributed by atoms with Crippen molar-refractivity contribution in [1.29, 1.82) is 0 Å². The lowest BCUT2D eigenvalue weighted by atomic mass is 10.3. The smallest absolute Gasteiger partial charge is 0.346 e. The van der Waals surface area contributed by atoms with Crippen molar-refractivity contribution in [2.45, 2.75) is 13.0 Å². The molecule has 0 unspecified atom stereocenters. The van der Waals surface area contributed by atoms with Crippen LogP contribution in [-0.4, -0.2) is 19.2 Å². The second-order valence-corrected chi connectivity index (χ2v) is 4.17. The summed E-state index contributed by atoms with van der Waals surface area (Å²) in [7, 11) is 1.33. The fraction of sp³-hybridized carbons (Fsp3) is 0.188. The van der Waals surface area contributed by atoms with E-state index in [1.807, 2.05) is 30.3 Å². The molecule has 0 heterocycles. The first kappa shape index (κ1) is 13.9. The lowest BCUT2D eigenvalue weighted by Crippen LogP contribution is -2.24. The highest BCUT2D eigenvalue weighted by molar-refractivity contribution is 5.74. The van der Waals surface area contributed by atoms with E-state index in [-0.39, 0.29) is 0 Å². The maximum Gasteiger partial charge on any atom is 0.346 e. The van der Waals surface area contributed by atoms with E-state index in [9.17, 15) is 4.79 Å². The quantitative estimate of drug-likeness (QED) is 0.782. The molecule has 0 fully saturated rings. The molecule has 0 saturated carbocycles. The van der Waals surface area contributed by atoms with Gasteiger partial charge in [-0.15, -0.1) is 0 Å². The van der Waals surface area contributed by atoms with E-state index in [2.05, 4.69) is 4.74 Å². The van der Waals surface area contributed by atoms with Gasteiger partial charge < -0.3 is 14.2 Å². The average molecular weight is 272 g/mol. The van der Waals surface area contributed by atoms with Gasteiger partial charge in [-0.1, -0.05) is 18.2 Å². The van der Waals surface area contributed by atoms with E-state index in [0.717, 1.165) is 5.75 Å². The highest BCUT2D eigenvalue weighted by Gasteiger charge is 2.14. The number of benzene rings is 2. The van der Waals surface area contributed by atoms with Crippen LogP contribution in [0.3, 0.4) is 0 Å². The van der Waals surface area contributed by atoms with Crippen LogP contribution in [0.25, 0.3) is 0 Å². The molecule has 2 aromatic rings. The van der Waals surface area contributed by atoms with Crippen LogP contribution in [-0.2, 0) is 9.53 Å². The largest absolute Gasteiger partial charge is 0.479 e. The number of carbonyl (C=O) groups excluding carboxylic acids is 1. The predicted molar refractivity (Wildman–Crippen MR) is 75.1 cm³/mol. The standard InChI is InChI=1S/C16H16O4/c1-12(16(17)18-2)19-14-8-10-15(11-9-14)20-13-6-4-3-5-7-13/h3-12H,1-2H3/t12-/m0/s1. The van der Waals surface area contributed by atoms with Gasteiger partial charge in [0.15, 0.2) is 6.10 Å². The first-order chi connectivity index (χ1) is 9.69. The summed E-state index contributed by atoms with van der Waals surface area (Å²) in [6, 6.07) is 16.6.